The quantitative estimate of drug-likeness (QED) is 0.336. The van der Waals surface area contributed by atoms with Crippen molar-refractivity contribution >= 4 is 29.2 Å². The molecule has 1 atom stereocenters. The molecule has 1 saturated heterocycles. The molecule has 4 rings (SSSR count). The molecule has 0 bridgehead atoms. The van der Waals surface area contributed by atoms with E-state index in [1.165, 1.54) is 16.9 Å². The van der Waals surface area contributed by atoms with Gasteiger partial charge in [0.25, 0.3) is 5.91 Å². The highest BCUT2D eigenvalue weighted by Crippen LogP contribution is 2.29. The molecule has 1 fully saturated rings. The molecule has 0 spiro atoms. The van der Waals surface area contributed by atoms with Crippen LogP contribution in [0, 0.1) is 6.92 Å². The SMILES string of the molecule is CCCOc1ccc(NC(=O)C[C@H]2C(=O)N(c3ccc(C)cc3)C(=O)N2CCC2=CCCCC2)cc1. The number of carbonyl (C=O) groups excluding carboxylic acids is 3. The second-order valence-electron chi connectivity index (χ2n) is 9.48. The summed E-state index contributed by atoms with van der Waals surface area (Å²) in [6.07, 6.45) is 8.23. The van der Waals surface area contributed by atoms with Gasteiger partial charge in [0.05, 0.1) is 18.7 Å². The van der Waals surface area contributed by atoms with Crippen molar-refractivity contribution in [3.63, 3.8) is 0 Å². The van der Waals surface area contributed by atoms with Gasteiger partial charge in [0.15, 0.2) is 0 Å². The highest BCUT2D eigenvalue weighted by molar-refractivity contribution is 6.22. The summed E-state index contributed by atoms with van der Waals surface area (Å²) < 4.78 is 5.59. The fraction of sp³-hybridized carbons (Fsp3) is 0.414. The minimum absolute atomic E-state index is 0.0972. The predicted molar refractivity (Wildman–Crippen MR) is 141 cm³/mol. The Morgan fingerprint density at radius 1 is 1.06 bits per heavy atom. The zero-order valence-corrected chi connectivity index (χ0v) is 21.2. The number of hydrogen-bond acceptors (Lipinski definition) is 4. The summed E-state index contributed by atoms with van der Waals surface area (Å²) in [6.45, 7) is 5.05. The van der Waals surface area contributed by atoms with Crippen LogP contribution in [0.5, 0.6) is 5.75 Å². The van der Waals surface area contributed by atoms with E-state index in [1.54, 1.807) is 41.3 Å². The number of nitrogens with zero attached hydrogens (tertiary/aromatic N) is 2. The highest BCUT2D eigenvalue weighted by atomic mass is 16.5. The molecule has 36 heavy (non-hydrogen) atoms. The van der Waals surface area contributed by atoms with Gasteiger partial charge in [0.1, 0.15) is 11.8 Å². The molecule has 4 amide bonds. The fourth-order valence-electron chi connectivity index (χ4n) is 4.66. The Morgan fingerprint density at radius 2 is 1.81 bits per heavy atom. The largest absolute Gasteiger partial charge is 0.494 e. The summed E-state index contributed by atoms with van der Waals surface area (Å²) in [5.41, 5.74) is 3.52. The van der Waals surface area contributed by atoms with Crippen LogP contribution in [0.1, 0.15) is 57.4 Å². The Morgan fingerprint density at radius 3 is 2.47 bits per heavy atom. The maximum atomic E-state index is 13.4. The summed E-state index contributed by atoms with van der Waals surface area (Å²) in [4.78, 5) is 42.6. The number of anilines is 2. The molecule has 2 aromatic carbocycles. The molecule has 7 heteroatoms. The molecule has 0 saturated carbocycles. The lowest BCUT2D eigenvalue weighted by Gasteiger charge is -2.23. The van der Waals surface area contributed by atoms with Crippen molar-refractivity contribution in [1.29, 1.82) is 0 Å². The number of hydrogen-bond donors (Lipinski definition) is 1. The maximum Gasteiger partial charge on any atom is 0.332 e. The average molecular weight is 490 g/mol. The fourth-order valence-corrected chi connectivity index (χ4v) is 4.66. The molecule has 190 valence electrons. The number of imide groups is 1. The summed E-state index contributed by atoms with van der Waals surface area (Å²) in [6, 6.07) is 13.3. The summed E-state index contributed by atoms with van der Waals surface area (Å²) in [7, 11) is 0. The number of urea groups is 1. The lowest BCUT2D eigenvalue weighted by atomic mass is 9.97. The van der Waals surface area contributed by atoms with E-state index in [-0.39, 0.29) is 24.3 Å². The van der Waals surface area contributed by atoms with Crippen molar-refractivity contribution in [3.8, 4) is 5.75 Å². The number of allylic oxidation sites excluding steroid dienone is 1. The topological polar surface area (TPSA) is 79.0 Å². The maximum absolute atomic E-state index is 13.4. The van der Waals surface area contributed by atoms with Crippen molar-refractivity contribution < 1.29 is 19.1 Å². The van der Waals surface area contributed by atoms with Gasteiger partial charge in [-0.2, -0.15) is 0 Å². The van der Waals surface area contributed by atoms with Crippen LogP contribution in [0.15, 0.2) is 60.2 Å². The molecule has 0 aromatic heterocycles. The van der Waals surface area contributed by atoms with Gasteiger partial charge in [-0.1, -0.05) is 36.3 Å². The lowest BCUT2D eigenvalue weighted by Crippen LogP contribution is -2.38. The van der Waals surface area contributed by atoms with Crippen LogP contribution in [0.2, 0.25) is 0 Å². The average Bonchev–Trinajstić information content (AvgIpc) is 3.12. The second-order valence-corrected chi connectivity index (χ2v) is 9.48. The Hall–Kier alpha value is -3.61. The molecule has 1 N–H and O–H groups in total. The van der Waals surface area contributed by atoms with E-state index in [0.29, 0.717) is 24.5 Å². The summed E-state index contributed by atoms with van der Waals surface area (Å²) in [5, 5.41) is 2.86. The molecule has 2 aromatic rings. The third-order valence-electron chi connectivity index (χ3n) is 6.66. The van der Waals surface area contributed by atoms with E-state index in [4.69, 9.17) is 4.74 Å². The summed E-state index contributed by atoms with van der Waals surface area (Å²) in [5.74, 6) is 0.0688. The van der Waals surface area contributed by atoms with Crippen LogP contribution >= 0.6 is 0 Å². The van der Waals surface area contributed by atoms with Gasteiger partial charge in [-0.3, -0.25) is 9.59 Å². The van der Waals surface area contributed by atoms with Crippen molar-refractivity contribution in [1.82, 2.24) is 4.90 Å². The Balaban J connectivity index is 1.48. The molecule has 1 aliphatic heterocycles. The van der Waals surface area contributed by atoms with Gasteiger partial charge >= 0.3 is 6.03 Å². The van der Waals surface area contributed by atoms with Gasteiger partial charge in [0, 0.05) is 12.2 Å². The van der Waals surface area contributed by atoms with Crippen molar-refractivity contribution in [2.75, 3.05) is 23.4 Å². The van der Waals surface area contributed by atoms with Crippen LogP contribution in [0.4, 0.5) is 16.2 Å². The molecular formula is C29H35N3O4. The van der Waals surface area contributed by atoms with Crippen molar-refractivity contribution in [2.24, 2.45) is 0 Å². The van der Waals surface area contributed by atoms with Gasteiger partial charge < -0.3 is 15.0 Å². The van der Waals surface area contributed by atoms with E-state index in [2.05, 4.69) is 11.4 Å². The van der Waals surface area contributed by atoms with Gasteiger partial charge in [-0.25, -0.2) is 9.69 Å². The van der Waals surface area contributed by atoms with Crippen LogP contribution in [0.3, 0.4) is 0 Å². The minimum Gasteiger partial charge on any atom is -0.494 e. The molecule has 2 aliphatic rings. The molecule has 7 nitrogen and oxygen atoms in total. The predicted octanol–water partition coefficient (Wildman–Crippen LogP) is 5.84. The molecular weight excluding hydrogens is 454 g/mol. The van der Waals surface area contributed by atoms with Gasteiger partial charge in [-0.15, -0.1) is 0 Å². The number of nitrogens with one attached hydrogen (secondary N) is 1. The first-order chi connectivity index (χ1) is 17.5. The number of carbonyl (C=O) groups is 3. The van der Waals surface area contributed by atoms with Crippen molar-refractivity contribution in [2.45, 2.75) is 64.8 Å². The van der Waals surface area contributed by atoms with Gasteiger partial charge in [0.2, 0.25) is 5.91 Å². The van der Waals surface area contributed by atoms with E-state index in [0.717, 1.165) is 43.4 Å². The van der Waals surface area contributed by atoms with Crippen molar-refractivity contribution in [3.05, 3.63) is 65.7 Å². The van der Waals surface area contributed by atoms with Crippen LogP contribution in [-0.4, -0.2) is 41.9 Å². The standard InChI is InChI=1S/C29H35N3O4/c1-3-19-36-25-15-11-23(12-16-25)30-27(33)20-26-28(34)32(24-13-9-21(2)10-14-24)29(35)31(26)18-17-22-7-5-4-6-8-22/h7,9-16,26H,3-6,8,17-20H2,1-2H3,(H,30,33)/t26-/m0/s1. The van der Waals surface area contributed by atoms with Crippen LogP contribution in [-0.2, 0) is 9.59 Å². The monoisotopic (exact) mass is 489 g/mol. The normalized spacial score (nSPS) is 17.8. The Labute approximate surface area is 213 Å². The van der Waals surface area contributed by atoms with E-state index >= 15 is 0 Å². The minimum atomic E-state index is -0.838. The second kappa shape index (κ2) is 11.9. The molecule has 0 radical (unpaired) electrons. The molecule has 1 aliphatic carbocycles. The number of aryl methyl sites for hydroxylation is 1. The smallest absolute Gasteiger partial charge is 0.332 e. The van der Waals surface area contributed by atoms with Crippen LogP contribution < -0.4 is 15.0 Å². The van der Waals surface area contributed by atoms with E-state index in [9.17, 15) is 14.4 Å². The third-order valence-corrected chi connectivity index (χ3v) is 6.66. The number of ether oxygens (including phenoxy) is 1. The van der Waals surface area contributed by atoms with Gasteiger partial charge in [-0.05, 0) is 81.8 Å². The van der Waals surface area contributed by atoms with Crippen LogP contribution in [0.25, 0.3) is 0 Å². The zero-order chi connectivity index (χ0) is 25.5. The molecule has 0 unspecified atom stereocenters. The first-order valence-corrected chi connectivity index (χ1v) is 12.9. The molecule has 1 heterocycles. The highest BCUT2D eigenvalue weighted by Gasteiger charge is 2.46. The van der Waals surface area contributed by atoms with E-state index in [1.807, 2.05) is 26.0 Å². The first-order valence-electron chi connectivity index (χ1n) is 12.9. The lowest BCUT2D eigenvalue weighted by molar-refractivity contribution is -0.124. The number of rotatable bonds is 10. The first kappa shape index (κ1) is 25.5. The summed E-state index contributed by atoms with van der Waals surface area (Å²) >= 11 is 0. The Kier molecular flexibility index (Phi) is 8.41. The Bertz CT molecular complexity index is 1110. The number of benzene rings is 2. The third kappa shape index (κ3) is 6.14. The zero-order valence-electron chi connectivity index (χ0n) is 21.2. The van der Waals surface area contributed by atoms with E-state index < -0.39 is 6.04 Å². The number of amides is 4.